The standard InChI is InChI=1S/C16H15NO/c1-2-3-12-4-6-13(7-5-12)16(18)14-8-10-15(17)11-9-14/h2-11H,17H2,1H3/b3-2+. The van der Waals surface area contributed by atoms with E-state index in [1.54, 1.807) is 24.3 Å². The van der Waals surface area contributed by atoms with Crippen molar-refractivity contribution in [3.05, 3.63) is 71.3 Å². The van der Waals surface area contributed by atoms with Gasteiger partial charge in [0.1, 0.15) is 0 Å². The van der Waals surface area contributed by atoms with E-state index in [4.69, 9.17) is 5.73 Å². The minimum Gasteiger partial charge on any atom is -0.399 e. The van der Waals surface area contributed by atoms with E-state index in [2.05, 4.69) is 0 Å². The fourth-order valence-corrected chi connectivity index (χ4v) is 1.74. The molecule has 2 aromatic carbocycles. The molecule has 0 heterocycles. The molecule has 2 nitrogen and oxygen atoms in total. The normalized spacial score (nSPS) is 10.7. The van der Waals surface area contributed by atoms with Crippen molar-refractivity contribution in [1.82, 2.24) is 0 Å². The van der Waals surface area contributed by atoms with Crippen LogP contribution >= 0.6 is 0 Å². The molecule has 0 fully saturated rings. The molecule has 18 heavy (non-hydrogen) atoms. The Morgan fingerprint density at radius 2 is 1.44 bits per heavy atom. The van der Waals surface area contributed by atoms with Crippen molar-refractivity contribution in [3.63, 3.8) is 0 Å². The third-order valence-electron chi connectivity index (χ3n) is 2.70. The Kier molecular flexibility index (Phi) is 3.58. The number of hydrogen-bond donors (Lipinski definition) is 1. The van der Waals surface area contributed by atoms with Crippen LogP contribution in [-0.4, -0.2) is 5.78 Å². The van der Waals surface area contributed by atoms with Gasteiger partial charge in [-0.05, 0) is 36.8 Å². The summed E-state index contributed by atoms with van der Waals surface area (Å²) in [5.41, 5.74) is 8.69. The molecule has 2 rings (SSSR count). The fourth-order valence-electron chi connectivity index (χ4n) is 1.74. The lowest BCUT2D eigenvalue weighted by Crippen LogP contribution is -2.01. The number of allylic oxidation sites excluding steroid dienone is 1. The Morgan fingerprint density at radius 3 is 1.94 bits per heavy atom. The Balaban J connectivity index is 2.26. The smallest absolute Gasteiger partial charge is 0.193 e. The van der Waals surface area contributed by atoms with Crippen molar-refractivity contribution in [2.45, 2.75) is 6.92 Å². The van der Waals surface area contributed by atoms with Gasteiger partial charge in [-0.15, -0.1) is 0 Å². The highest BCUT2D eigenvalue weighted by Crippen LogP contribution is 2.13. The van der Waals surface area contributed by atoms with Gasteiger partial charge in [-0.1, -0.05) is 36.4 Å². The molecule has 0 aliphatic carbocycles. The summed E-state index contributed by atoms with van der Waals surface area (Å²) in [6.45, 7) is 1.97. The van der Waals surface area contributed by atoms with Gasteiger partial charge >= 0.3 is 0 Å². The van der Waals surface area contributed by atoms with Crippen LogP contribution in [0.3, 0.4) is 0 Å². The number of carbonyl (C=O) groups excluding carboxylic acids is 1. The van der Waals surface area contributed by atoms with Crippen LogP contribution in [-0.2, 0) is 0 Å². The fraction of sp³-hybridized carbons (Fsp3) is 0.0625. The number of ketones is 1. The van der Waals surface area contributed by atoms with Gasteiger partial charge in [-0.3, -0.25) is 4.79 Å². The van der Waals surface area contributed by atoms with E-state index in [0.717, 1.165) is 5.56 Å². The predicted octanol–water partition coefficient (Wildman–Crippen LogP) is 3.53. The summed E-state index contributed by atoms with van der Waals surface area (Å²) in [6, 6.07) is 14.5. The van der Waals surface area contributed by atoms with Crippen molar-refractivity contribution in [2.75, 3.05) is 5.73 Å². The summed E-state index contributed by atoms with van der Waals surface area (Å²) in [7, 11) is 0. The van der Waals surface area contributed by atoms with Crippen molar-refractivity contribution in [2.24, 2.45) is 0 Å². The molecule has 0 saturated heterocycles. The van der Waals surface area contributed by atoms with E-state index < -0.39 is 0 Å². The highest BCUT2D eigenvalue weighted by atomic mass is 16.1. The second-order valence-electron chi connectivity index (χ2n) is 4.07. The third kappa shape index (κ3) is 2.66. The van der Waals surface area contributed by atoms with Crippen molar-refractivity contribution in [1.29, 1.82) is 0 Å². The van der Waals surface area contributed by atoms with E-state index in [1.807, 2.05) is 43.3 Å². The summed E-state index contributed by atoms with van der Waals surface area (Å²) in [4.78, 5) is 12.2. The molecule has 0 bridgehead atoms. The quantitative estimate of drug-likeness (QED) is 0.655. The van der Waals surface area contributed by atoms with E-state index in [-0.39, 0.29) is 5.78 Å². The first-order valence-electron chi connectivity index (χ1n) is 5.83. The summed E-state index contributed by atoms with van der Waals surface area (Å²) < 4.78 is 0. The molecule has 0 radical (unpaired) electrons. The van der Waals surface area contributed by atoms with Crippen molar-refractivity contribution in [3.8, 4) is 0 Å². The number of nitrogen functional groups attached to an aromatic ring is 1. The van der Waals surface area contributed by atoms with Crippen LogP contribution in [0.25, 0.3) is 6.08 Å². The molecule has 0 aliphatic heterocycles. The maximum absolute atomic E-state index is 12.2. The average Bonchev–Trinajstić information content (AvgIpc) is 2.40. The van der Waals surface area contributed by atoms with Gasteiger partial charge in [0.15, 0.2) is 5.78 Å². The minimum absolute atomic E-state index is 0.0158. The molecule has 0 aliphatic rings. The number of anilines is 1. The molecule has 0 spiro atoms. The zero-order valence-corrected chi connectivity index (χ0v) is 10.3. The molecule has 90 valence electrons. The Hall–Kier alpha value is -2.35. The second-order valence-corrected chi connectivity index (χ2v) is 4.07. The summed E-state index contributed by atoms with van der Waals surface area (Å²) >= 11 is 0. The number of hydrogen-bond acceptors (Lipinski definition) is 2. The average molecular weight is 237 g/mol. The van der Waals surface area contributed by atoms with Gasteiger partial charge in [-0.25, -0.2) is 0 Å². The van der Waals surface area contributed by atoms with Crippen molar-refractivity contribution < 1.29 is 4.79 Å². The molecule has 0 atom stereocenters. The maximum Gasteiger partial charge on any atom is 0.193 e. The summed E-state index contributed by atoms with van der Waals surface area (Å²) in [5, 5.41) is 0. The molecule has 2 heteroatoms. The first kappa shape index (κ1) is 12.1. The number of carbonyl (C=O) groups is 1. The van der Waals surface area contributed by atoms with Gasteiger partial charge in [0.25, 0.3) is 0 Å². The first-order chi connectivity index (χ1) is 8.70. The second kappa shape index (κ2) is 5.32. The van der Waals surface area contributed by atoms with Crippen LogP contribution in [0.5, 0.6) is 0 Å². The van der Waals surface area contributed by atoms with E-state index in [1.165, 1.54) is 0 Å². The third-order valence-corrected chi connectivity index (χ3v) is 2.70. The number of nitrogens with two attached hydrogens (primary N) is 1. The van der Waals surface area contributed by atoms with Crippen LogP contribution in [0.4, 0.5) is 5.69 Å². The number of benzene rings is 2. The monoisotopic (exact) mass is 237 g/mol. The molecule has 2 aromatic rings. The van der Waals surface area contributed by atoms with E-state index in [9.17, 15) is 4.79 Å². The summed E-state index contributed by atoms with van der Waals surface area (Å²) in [5.74, 6) is 0.0158. The first-order valence-corrected chi connectivity index (χ1v) is 5.83. The lowest BCUT2D eigenvalue weighted by molar-refractivity contribution is 0.103. The van der Waals surface area contributed by atoms with Crippen LogP contribution in [0.1, 0.15) is 28.4 Å². The van der Waals surface area contributed by atoms with E-state index in [0.29, 0.717) is 16.8 Å². The Morgan fingerprint density at radius 1 is 0.944 bits per heavy atom. The van der Waals surface area contributed by atoms with Gasteiger partial charge in [0.05, 0.1) is 0 Å². The van der Waals surface area contributed by atoms with Crippen LogP contribution in [0.15, 0.2) is 54.6 Å². The molecule has 0 unspecified atom stereocenters. The highest BCUT2D eigenvalue weighted by Gasteiger charge is 2.07. The summed E-state index contributed by atoms with van der Waals surface area (Å²) in [6.07, 6.45) is 3.97. The highest BCUT2D eigenvalue weighted by molar-refractivity contribution is 6.09. The predicted molar refractivity (Wildman–Crippen MR) is 75.4 cm³/mol. The van der Waals surface area contributed by atoms with Crippen LogP contribution in [0, 0.1) is 0 Å². The van der Waals surface area contributed by atoms with Gasteiger partial charge in [-0.2, -0.15) is 0 Å². The largest absolute Gasteiger partial charge is 0.399 e. The van der Waals surface area contributed by atoms with Gasteiger partial charge in [0.2, 0.25) is 0 Å². The SMILES string of the molecule is C/C=C/c1ccc(C(=O)c2ccc(N)cc2)cc1. The van der Waals surface area contributed by atoms with Crippen LogP contribution in [0.2, 0.25) is 0 Å². The zero-order valence-electron chi connectivity index (χ0n) is 10.3. The Labute approximate surface area is 107 Å². The molecular formula is C16H15NO. The zero-order chi connectivity index (χ0) is 13.0. The van der Waals surface area contributed by atoms with E-state index >= 15 is 0 Å². The molecule has 0 amide bonds. The maximum atomic E-state index is 12.2. The molecule has 2 N–H and O–H groups in total. The molecular weight excluding hydrogens is 222 g/mol. The van der Waals surface area contributed by atoms with Gasteiger partial charge in [0, 0.05) is 16.8 Å². The Bertz CT molecular complexity index is 565. The molecule has 0 aromatic heterocycles. The molecule has 0 saturated carbocycles. The number of rotatable bonds is 3. The lowest BCUT2D eigenvalue weighted by Gasteiger charge is -2.02. The van der Waals surface area contributed by atoms with Crippen molar-refractivity contribution >= 4 is 17.5 Å². The minimum atomic E-state index is 0.0158. The van der Waals surface area contributed by atoms with Gasteiger partial charge < -0.3 is 5.73 Å². The lowest BCUT2D eigenvalue weighted by atomic mass is 10.0. The van der Waals surface area contributed by atoms with Crippen LogP contribution < -0.4 is 5.73 Å². The topological polar surface area (TPSA) is 43.1 Å².